The van der Waals surface area contributed by atoms with Gasteiger partial charge in [-0.3, -0.25) is 9.89 Å². The van der Waals surface area contributed by atoms with Gasteiger partial charge < -0.3 is 15.2 Å². The van der Waals surface area contributed by atoms with E-state index in [0.717, 1.165) is 29.0 Å². The van der Waals surface area contributed by atoms with E-state index >= 15 is 0 Å². The van der Waals surface area contributed by atoms with E-state index < -0.39 is 0 Å². The lowest BCUT2D eigenvalue weighted by atomic mass is 9.99. The molecular weight excluding hydrogens is 294 g/mol. The highest BCUT2D eigenvalue weighted by atomic mass is 16.5. The van der Waals surface area contributed by atoms with E-state index in [2.05, 4.69) is 15.5 Å². The molecule has 0 saturated heterocycles. The third-order valence-electron chi connectivity index (χ3n) is 4.45. The molecule has 0 aliphatic carbocycles. The van der Waals surface area contributed by atoms with Crippen molar-refractivity contribution in [1.29, 1.82) is 0 Å². The predicted octanol–water partition coefficient (Wildman–Crippen LogP) is 2.11. The van der Waals surface area contributed by atoms with Gasteiger partial charge in [-0.25, -0.2) is 0 Å². The van der Waals surface area contributed by atoms with Crippen LogP contribution in [0.1, 0.15) is 36.3 Å². The first kappa shape index (κ1) is 15.6. The van der Waals surface area contributed by atoms with Gasteiger partial charge in [-0.15, -0.1) is 0 Å². The van der Waals surface area contributed by atoms with Gasteiger partial charge >= 0.3 is 0 Å². The summed E-state index contributed by atoms with van der Waals surface area (Å²) >= 11 is 0. The highest BCUT2D eigenvalue weighted by Gasteiger charge is 2.27. The van der Waals surface area contributed by atoms with Crippen molar-refractivity contribution < 1.29 is 14.6 Å². The quantitative estimate of drug-likeness (QED) is 0.788. The Morgan fingerprint density at radius 2 is 2.26 bits per heavy atom. The minimum Gasteiger partial charge on any atom is -0.488 e. The van der Waals surface area contributed by atoms with Crippen LogP contribution in [0.15, 0.2) is 24.3 Å². The lowest BCUT2D eigenvalue weighted by Crippen LogP contribution is -2.42. The molecule has 3 N–H and O–H groups in total. The number of aliphatic hydroxyl groups is 1. The third-order valence-corrected chi connectivity index (χ3v) is 4.45. The van der Waals surface area contributed by atoms with E-state index in [-0.39, 0.29) is 24.5 Å². The largest absolute Gasteiger partial charge is 0.488 e. The monoisotopic (exact) mass is 315 g/mol. The summed E-state index contributed by atoms with van der Waals surface area (Å²) in [5.41, 5.74) is 2.78. The summed E-state index contributed by atoms with van der Waals surface area (Å²) in [6, 6.07) is 7.35. The first-order valence-electron chi connectivity index (χ1n) is 7.86. The predicted molar refractivity (Wildman–Crippen MR) is 86.2 cm³/mol. The molecule has 6 heteroatoms. The van der Waals surface area contributed by atoms with Crippen molar-refractivity contribution in [3.63, 3.8) is 0 Å². The highest BCUT2D eigenvalue weighted by molar-refractivity contribution is 5.96. The van der Waals surface area contributed by atoms with Crippen LogP contribution in [-0.2, 0) is 6.61 Å². The van der Waals surface area contributed by atoms with Crippen LogP contribution in [0.4, 0.5) is 0 Å². The fraction of sp³-hybridized carbons (Fsp3) is 0.412. The molecule has 1 aromatic heterocycles. The van der Waals surface area contributed by atoms with Gasteiger partial charge in [0.25, 0.3) is 5.91 Å². The molecular formula is C17H21N3O3. The second kappa shape index (κ2) is 6.42. The first-order valence-corrected chi connectivity index (χ1v) is 7.86. The van der Waals surface area contributed by atoms with Crippen LogP contribution in [0, 0.1) is 5.92 Å². The Morgan fingerprint density at radius 3 is 3.00 bits per heavy atom. The van der Waals surface area contributed by atoms with Crippen molar-refractivity contribution in [2.24, 2.45) is 5.92 Å². The minimum atomic E-state index is -0.275. The van der Waals surface area contributed by atoms with E-state index in [1.165, 1.54) is 0 Å². The van der Waals surface area contributed by atoms with Crippen molar-refractivity contribution in [3.05, 3.63) is 35.5 Å². The SMILES string of the molecule is CC[C@H](C)[C@@H](CO)NC(=O)c1[nH]nc2c1COc1ccccc1-2. The molecule has 1 aliphatic rings. The number of rotatable bonds is 5. The summed E-state index contributed by atoms with van der Waals surface area (Å²) in [6.45, 7) is 4.25. The molecule has 23 heavy (non-hydrogen) atoms. The van der Waals surface area contributed by atoms with Crippen molar-refractivity contribution in [1.82, 2.24) is 15.5 Å². The van der Waals surface area contributed by atoms with Crippen LogP contribution in [0.5, 0.6) is 5.75 Å². The van der Waals surface area contributed by atoms with Crippen LogP contribution >= 0.6 is 0 Å². The molecule has 0 spiro atoms. The van der Waals surface area contributed by atoms with Crippen LogP contribution in [-0.4, -0.2) is 33.9 Å². The number of amides is 1. The van der Waals surface area contributed by atoms with Gasteiger partial charge in [0.2, 0.25) is 0 Å². The number of para-hydroxylation sites is 1. The van der Waals surface area contributed by atoms with Gasteiger partial charge in [-0.1, -0.05) is 32.4 Å². The van der Waals surface area contributed by atoms with E-state index in [9.17, 15) is 9.90 Å². The van der Waals surface area contributed by atoms with Crippen molar-refractivity contribution in [2.45, 2.75) is 32.9 Å². The van der Waals surface area contributed by atoms with Gasteiger partial charge in [0.05, 0.1) is 12.6 Å². The molecule has 0 saturated carbocycles. The smallest absolute Gasteiger partial charge is 0.270 e. The Balaban J connectivity index is 1.86. The van der Waals surface area contributed by atoms with E-state index in [1.54, 1.807) is 0 Å². The number of hydrogen-bond acceptors (Lipinski definition) is 4. The third kappa shape index (κ3) is 2.82. The average molecular weight is 315 g/mol. The fourth-order valence-electron chi connectivity index (χ4n) is 2.75. The number of fused-ring (bicyclic) bond motifs is 3. The lowest BCUT2D eigenvalue weighted by molar-refractivity contribution is 0.0884. The molecule has 1 aromatic carbocycles. The van der Waals surface area contributed by atoms with Crippen LogP contribution in [0.2, 0.25) is 0 Å². The number of benzene rings is 1. The maximum absolute atomic E-state index is 12.5. The van der Waals surface area contributed by atoms with Crippen molar-refractivity contribution >= 4 is 5.91 Å². The summed E-state index contributed by atoms with van der Waals surface area (Å²) in [6.07, 6.45) is 0.878. The molecule has 0 unspecified atom stereocenters. The number of aromatic amines is 1. The number of aromatic nitrogens is 2. The molecule has 2 heterocycles. The summed E-state index contributed by atoms with van der Waals surface area (Å²) in [5, 5.41) is 19.5. The molecule has 1 amide bonds. The minimum absolute atomic E-state index is 0.0869. The highest BCUT2D eigenvalue weighted by Crippen LogP contribution is 2.36. The molecule has 0 fully saturated rings. The number of hydrogen-bond donors (Lipinski definition) is 3. The normalized spacial score (nSPS) is 15.1. The Kier molecular flexibility index (Phi) is 4.34. The second-order valence-corrected chi connectivity index (χ2v) is 5.86. The molecule has 122 valence electrons. The Bertz CT molecular complexity index is 711. The summed E-state index contributed by atoms with van der Waals surface area (Å²) in [7, 11) is 0. The van der Waals surface area contributed by atoms with Gasteiger partial charge in [-0.05, 0) is 18.1 Å². The second-order valence-electron chi connectivity index (χ2n) is 5.86. The average Bonchev–Trinajstić information content (AvgIpc) is 3.03. The number of ether oxygens (including phenoxy) is 1. The zero-order chi connectivity index (χ0) is 16.4. The number of H-pyrrole nitrogens is 1. The Hall–Kier alpha value is -2.34. The molecule has 2 aromatic rings. The maximum atomic E-state index is 12.5. The van der Waals surface area contributed by atoms with Gasteiger partial charge in [0.1, 0.15) is 23.7 Å². The van der Waals surface area contributed by atoms with E-state index in [1.807, 2.05) is 38.1 Å². The summed E-state index contributed by atoms with van der Waals surface area (Å²) in [4.78, 5) is 12.5. The Labute approximate surface area is 134 Å². The molecule has 6 nitrogen and oxygen atoms in total. The standard InChI is InChI=1S/C17H21N3O3/c1-3-10(2)13(8-21)18-17(22)16-12-9-23-14-7-5-4-6-11(14)15(12)19-20-16/h4-7,10,13,21H,3,8-9H2,1-2H3,(H,18,22)(H,19,20)/t10-,13+/m0/s1. The van der Waals surface area contributed by atoms with Crippen LogP contribution in [0.25, 0.3) is 11.3 Å². The molecule has 3 rings (SSSR count). The Morgan fingerprint density at radius 1 is 1.48 bits per heavy atom. The number of aliphatic hydroxyl groups excluding tert-OH is 1. The van der Waals surface area contributed by atoms with Crippen molar-refractivity contribution in [3.8, 4) is 17.0 Å². The summed E-state index contributed by atoms with van der Waals surface area (Å²) in [5.74, 6) is 0.701. The zero-order valence-corrected chi connectivity index (χ0v) is 13.3. The number of carbonyl (C=O) groups excluding carboxylic acids is 1. The number of nitrogens with one attached hydrogen (secondary N) is 2. The summed E-state index contributed by atoms with van der Waals surface area (Å²) < 4.78 is 5.71. The van der Waals surface area contributed by atoms with E-state index in [0.29, 0.717) is 12.3 Å². The maximum Gasteiger partial charge on any atom is 0.270 e. The number of nitrogens with zero attached hydrogens (tertiary/aromatic N) is 1. The molecule has 1 aliphatic heterocycles. The first-order chi connectivity index (χ1) is 11.2. The van der Waals surface area contributed by atoms with Crippen LogP contribution < -0.4 is 10.1 Å². The zero-order valence-electron chi connectivity index (χ0n) is 13.3. The van der Waals surface area contributed by atoms with Crippen LogP contribution in [0.3, 0.4) is 0 Å². The van der Waals surface area contributed by atoms with E-state index in [4.69, 9.17) is 4.74 Å². The number of carbonyl (C=O) groups is 1. The fourth-order valence-corrected chi connectivity index (χ4v) is 2.75. The molecule has 0 bridgehead atoms. The van der Waals surface area contributed by atoms with Gasteiger partial charge in [0.15, 0.2) is 0 Å². The van der Waals surface area contributed by atoms with Gasteiger partial charge in [0, 0.05) is 11.1 Å². The molecule has 0 radical (unpaired) electrons. The topological polar surface area (TPSA) is 87.2 Å². The van der Waals surface area contributed by atoms with Crippen molar-refractivity contribution in [2.75, 3.05) is 6.61 Å². The van der Waals surface area contributed by atoms with Gasteiger partial charge in [-0.2, -0.15) is 5.10 Å². The lowest BCUT2D eigenvalue weighted by Gasteiger charge is -2.22. The molecule has 2 atom stereocenters.